The zero-order valence-corrected chi connectivity index (χ0v) is 36.3. The molecule has 17 nitrogen and oxygen atoms in total. The van der Waals surface area contributed by atoms with Gasteiger partial charge in [-0.05, 0) is 84.2 Å². The lowest BCUT2D eigenvalue weighted by Gasteiger charge is -2.47. The third-order valence-corrected chi connectivity index (χ3v) is 13.6. The Labute approximate surface area is 364 Å². The second-order valence-electron chi connectivity index (χ2n) is 16.3. The first-order valence-electron chi connectivity index (χ1n) is 20.2. The van der Waals surface area contributed by atoms with Gasteiger partial charge in [-0.1, -0.05) is 0 Å². The first-order chi connectivity index (χ1) is 29.8. The number of hydrogen-bond donors (Lipinski definition) is 5. The number of rotatable bonds is 14. The molecule has 4 amide bonds. The first kappa shape index (κ1) is 41.5. The lowest BCUT2D eigenvalue weighted by Crippen LogP contribution is -2.62. The number of nitrogens with one attached hydrogen (secondary N) is 5. The SMILES string of the molecule is CP(C)(=O)c1c(Nc2nc(Nc3ccc(NCCNC4CN(CC5CN(c6ccc7c(c6)C(=O)N(C6CCC(=O)NC6=O)C7=O)C5)C4)c(F)c3)ncc2Br)ccc2nccnc12. The minimum atomic E-state index is -2.79. The van der Waals surface area contributed by atoms with Gasteiger partial charge < -0.3 is 30.7 Å². The molecule has 6 heterocycles. The molecule has 5 N–H and O–H groups in total. The maximum atomic E-state index is 15.2. The summed E-state index contributed by atoms with van der Waals surface area (Å²) >= 11 is 3.50. The number of carbonyl (C=O) groups excluding carboxylic acids is 4. The second kappa shape index (κ2) is 16.8. The quantitative estimate of drug-likeness (QED) is 0.0599. The number of anilines is 6. The van der Waals surface area contributed by atoms with Crippen LogP contribution in [-0.2, 0) is 14.2 Å². The van der Waals surface area contributed by atoms with Crippen LogP contribution in [0.25, 0.3) is 11.0 Å². The van der Waals surface area contributed by atoms with E-state index in [1.165, 1.54) is 6.07 Å². The number of carbonyl (C=O) groups is 4. The minimum absolute atomic E-state index is 0.0811. The summed E-state index contributed by atoms with van der Waals surface area (Å²) in [5.41, 5.74) is 4.05. The fraction of sp³-hybridized carbons (Fsp3) is 0.333. The topological polar surface area (TPSA) is 207 Å². The van der Waals surface area contributed by atoms with E-state index in [-0.39, 0.29) is 29.9 Å². The summed E-state index contributed by atoms with van der Waals surface area (Å²) < 4.78 is 29.1. The van der Waals surface area contributed by atoms with Crippen LogP contribution in [0.4, 0.5) is 38.9 Å². The van der Waals surface area contributed by atoms with Crippen LogP contribution in [0.5, 0.6) is 0 Å². The van der Waals surface area contributed by atoms with Crippen molar-refractivity contribution in [2.24, 2.45) is 5.92 Å². The van der Waals surface area contributed by atoms with Crippen LogP contribution in [0, 0.1) is 11.7 Å². The Hall–Kier alpha value is -5.88. The molecule has 20 heteroatoms. The van der Waals surface area contributed by atoms with Gasteiger partial charge >= 0.3 is 0 Å². The van der Waals surface area contributed by atoms with E-state index >= 15 is 4.39 Å². The smallest absolute Gasteiger partial charge is 0.262 e. The van der Waals surface area contributed by atoms with Gasteiger partial charge in [-0.3, -0.25) is 44.3 Å². The Morgan fingerprint density at radius 3 is 2.44 bits per heavy atom. The Morgan fingerprint density at radius 1 is 0.887 bits per heavy atom. The molecule has 2 aromatic heterocycles. The molecule has 1 atom stereocenters. The normalized spacial score (nSPS) is 18.4. The highest BCUT2D eigenvalue weighted by Crippen LogP contribution is 2.41. The first-order valence-corrected chi connectivity index (χ1v) is 23.6. The van der Waals surface area contributed by atoms with E-state index in [4.69, 9.17) is 0 Å². The molecule has 0 spiro atoms. The van der Waals surface area contributed by atoms with Crippen molar-refractivity contribution in [2.45, 2.75) is 24.9 Å². The molecule has 1 unspecified atom stereocenters. The number of aromatic nitrogens is 4. The van der Waals surface area contributed by atoms with E-state index in [9.17, 15) is 23.7 Å². The molecule has 9 rings (SSSR count). The molecular weight excluding hydrogens is 882 g/mol. The van der Waals surface area contributed by atoms with Crippen molar-refractivity contribution in [1.29, 1.82) is 0 Å². The van der Waals surface area contributed by atoms with Crippen molar-refractivity contribution in [1.82, 2.24) is 40.4 Å². The van der Waals surface area contributed by atoms with Gasteiger partial charge in [-0.25, -0.2) is 9.37 Å². The fourth-order valence-corrected chi connectivity index (χ4v) is 10.1. The monoisotopic (exact) mass is 924 g/mol. The summed E-state index contributed by atoms with van der Waals surface area (Å²) in [6, 6.07) is 13.0. The zero-order valence-electron chi connectivity index (χ0n) is 33.8. The van der Waals surface area contributed by atoms with Crippen molar-refractivity contribution in [2.75, 3.05) is 80.0 Å². The molecule has 0 aliphatic carbocycles. The van der Waals surface area contributed by atoms with Crippen LogP contribution >= 0.6 is 23.1 Å². The van der Waals surface area contributed by atoms with E-state index in [1.54, 1.807) is 68.3 Å². The number of halogens is 2. The van der Waals surface area contributed by atoms with E-state index in [2.05, 4.69) is 72.2 Å². The van der Waals surface area contributed by atoms with Gasteiger partial charge in [-0.15, -0.1) is 0 Å². The highest BCUT2D eigenvalue weighted by molar-refractivity contribution is 9.10. The molecule has 4 aliphatic rings. The van der Waals surface area contributed by atoms with Gasteiger partial charge in [0.15, 0.2) is 0 Å². The van der Waals surface area contributed by atoms with Crippen molar-refractivity contribution in [3.05, 3.63) is 88.5 Å². The molecule has 320 valence electrons. The van der Waals surface area contributed by atoms with Crippen LogP contribution in [-0.4, -0.2) is 125 Å². The third kappa shape index (κ3) is 8.36. The molecule has 4 aliphatic heterocycles. The highest BCUT2D eigenvalue weighted by Gasteiger charge is 2.45. The Kier molecular flexibility index (Phi) is 11.2. The Morgan fingerprint density at radius 2 is 1.66 bits per heavy atom. The van der Waals surface area contributed by atoms with E-state index in [0.717, 1.165) is 43.3 Å². The van der Waals surface area contributed by atoms with Gasteiger partial charge in [0.25, 0.3) is 11.8 Å². The minimum Gasteiger partial charge on any atom is -0.381 e. The summed E-state index contributed by atoms with van der Waals surface area (Å²) in [7, 11) is -2.79. The Bertz CT molecular complexity index is 2690. The maximum Gasteiger partial charge on any atom is 0.262 e. The van der Waals surface area contributed by atoms with E-state index in [1.807, 2.05) is 6.07 Å². The number of fused-ring (bicyclic) bond motifs is 2. The second-order valence-corrected chi connectivity index (χ2v) is 20.3. The lowest BCUT2D eigenvalue weighted by atomic mass is 9.95. The lowest BCUT2D eigenvalue weighted by molar-refractivity contribution is -0.136. The number of benzene rings is 3. The summed E-state index contributed by atoms with van der Waals surface area (Å²) in [4.78, 5) is 73.5. The largest absolute Gasteiger partial charge is 0.381 e. The van der Waals surface area contributed by atoms with Crippen LogP contribution < -0.4 is 36.8 Å². The summed E-state index contributed by atoms with van der Waals surface area (Å²) in [5.74, 6) is -1.33. The van der Waals surface area contributed by atoms with Gasteiger partial charge in [0.05, 0.1) is 37.8 Å². The number of piperidine rings is 1. The van der Waals surface area contributed by atoms with Crippen LogP contribution in [0.3, 0.4) is 0 Å². The van der Waals surface area contributed by atoms with E-state index in [0.29, 0.717) is 68.7 Å². The van der Waals surface area contributed by atoms with E-state index < -0.39 is 42.6 Å². The average Bonchev–Trinajstić information content (AvgIpc) is 3.45. The van der Waals surface area contributed by atoms with Crippen molar-refractivity contribution in [3.8, 4) is 0 Å². The molecule has 62 heavy (non-hydrogen) atoms. The fourth-order valence-electron chi connectivity index (χ4n) is 8.41. The molecule has 3 fully saturated rings. The number of nitrogens with zero attached hydrogens (tertiary/aromatic N) is 7. The molecule has 0 saturated carbocycles. The molecule has 3 aromatic carbocycles. The molecule has 0 radical (unpaired) electrons. The number of hydrogen-bond acceptors (Lipinski definition) is 15. The van der Waals surface area contributed by atoms with Crippen LogP contribution in [0.15, 0.2) is 71.6 Å². The van der Waals surface area contributed by atoms with Crippen molar-refractivity contribution in [3.63, 3.8) is 0 Å². The highest BCUT2D eigenvalue weighted by atomic mass is 79.9. The van der Waals surface area contributed by atoms with Crippen molar-refractivity contribution < 1.29 is 28.1 Å². The summed E-state index contributed by atoms with van der Waals surface area (Å²) in [6.45, 7) is 9.01. The maximum absolute atomic E-state index is 15.2. The third-order valence-electron chi connectivity index (χ3n) is 11.5. The van der Waals surface area contributed by atoms with Crippen LogP contribution in [0.1, 0.15) is 33.6 Å². The van der Waals surface area contributed by atoms with Crippen molar-refractivity contribution >= 4 is 97.6 Å². The zero-order chi connectivity index (χ0) is 43.3. The van der Waals surface area contributed by atoms with Gasteiger partial charge in [0.1, 0.15) is 30.3 Å². The summed E-state index contributed by atoms with van der Waals surface area (Å²) in [6.07, 6.45) is 4.94. The number of imide groups is 2. The molecule has 5 aromatic rings. The standard InChI is InChI=1S/C42H43BrFN12O5P/c1-62(2,61)37-33(8-7-32-36(37)48-14-13-47-32)51-38-29(43)17-49-42(53-38)50-24-3-6-31(30(44)15-24)46-12-11-45-25-21-54(22-25)18-23-19-55(20-23)26-4-5-27-28(16-26)41(60)56(40(27)59)34-9-10-35(57)52-39(34)58/h3-8,13-17,23,25,34,45-46H,9-12,18-22H2,1-2H3,(H,52,57,58)(H2,49,50,51,53). The molecule has 3 saturated heterocycles. The average molecular weight is 926 g/mol. The molecular formula is C42H43BrFN12O5P. The number of amides is 4. The van der Waals surface area contributed by atoms with Crippen LogP contribution in [0.2, 0.25) is 0 Å². The number of likely N-dealkylation sites (tertiary alicyclic amines) is 1. The summed E-state index contributed by atoms with van der Waals surface area (Å²) in [5, 5.41) is 15.8. The Balaban J connectivity index is 0.704. The van der Waals surface area contributed by atoms with Gasteiger partial charge in [-0.2, -0.15) is 4.98 Å². The predicted octanol–water partition coefficient (Wildman–Crippen LogP) is 4.28. The van der Waals surface area contributed by atoms with Gasteiger partial charge in [0.2, 0.25) is 17.8 Å². The predicted molar refractivity (Wildman–Crippen MR) is 237 cm³/mol. The van der Waals surface area contributed by atoms with Gasteiger partial charge in [0, 0.05) is 94.2 Å². The molecule has 0 bridgehead atoms.